The van der Waals surface area contributed by atoms with Crippen LogP contribution >= 0.6 is 0 Å². The largest absolute Gasteiger partial charge is 0.481 e. The van der Waals surface area contributed by atoms with Crippen molar-refractivity contribution in [3.8, 4) is 11.1 Å². The van der Waals surface area contributed by atoms with Crippen LogP contribution in [0.3, 0.4) is 0 Å². The minimum atomic E-state index is -5.49. The van der Waals surface area contributed by atoms with Gasteiger partial charge in [0.2, 0.25) is 0 Å². The molecule has 1 unspecified atom stereocenters. The standard InChI is InChI=1S/C40H28N2O20S5/c43-36(19-5-3-7-22(15-19)64(51,52)53)26(40(47)48)13-14-63(49,50)21-11-12-29(66(57,58)59)27(17-21)41-28-18-30(67(60,61)62)35-33-31(24-9-1-2-10-25(24)38(45)32(28)33)34(39(46)42-35)37(44)20-6-4-8-23(16-20)65(54,55)56/h1-12,15-18,26,41H,13-14H2,(H,42,46)(H,47,48)(H,51,52,53)(H,54,55,56)(H,57,58,59)(H,60,61,62). The molecule has 1 aliphatic rings. The molecule has 5 aromatic carbocycles. The van der Waals surface area contributed by atoms with Crippen molar-refractivity contribution in [3.05, 3.63) is 135 Å². The molecule has 7 rings (SSSR count). The highest BCUT2D eigenvalue weighted by Gasteiger charge is 2.37. The maximum absolute atomic E-state index is 14.5. The smallest absolute Gasteiger partial charge is 0.314 e. The monoisotopic (exact) mass is 1020 g/mol. The van der Waals surface area contributed by atoms with Gasteiger partial charge in [-0.2, -0.15) is 33.7 Å². The minimum absolute atomic E-state index is 0.167. The quantitative estimate of drug-likeness (QED) is 0.0439. The first-order valence-corrected chi connectivity index (χ1v) is 25.9. The molecule has 1 aromatic heterocycles. The van der Waals surface area contributed by atoms with Gasteiger partial charge in [0, 0.05) is 27.6 Å². The molecule has 0 radical (unpaired) electrons. The van der Waals surface area contributed by atoms with E-state index < -0.39 is 172 Å². The van der Waals surface area contributed by atoms with E-state index in [2.05, 4.69) is 10.3 Å². The number of carbonyl (C=O) groups is 4. The number of carboxylic acids is 1. The third kappa shape index (κ3) is 9.18. The Bertz CT molecular complexity index is 3860. The molecule has 7 N–H and O–H groups in total. The van der Waals surface area contributed by atoms with Crippen LogP contribution in [0.5, 0.6) is 0 Å². The number of benzene rings is 5. The molecule has 22 nitrogen and oxygen atoms in total. The Labute approximate surface area is 377 Å². The second-order valence-corrected chi connectivity index (χ2v) is 22.3. The number of carboxylic acid groups (broad SMARTS) is 1. The Morgan fingerprint density at radius 1 is 0.582 bits per heavy atom. The lowest BCUT2D eigenvalue weighted by Gasteiger charge is -2.25. The van der Waals surface area contributed by atoms with E-state index in [1.165, 1.54) is 24.3 Å². The number of H-pyrrole nitrogens is 1. The fourth-order valence-corrected chi connectivity index (χ4v) is 11.1. The number of anilines is 2. The Hall–Kier alpha value is -6.82. The number of fused-ring (bicyclic) bond motifs is 2. The highest BCUT2D eigenvalue weighted by Crippen LogP contribution is 2.46. The molecule has 0 saturated heterocycles. The lowest BCUT2D eigenvalue weighted by atomic mass is 9.80. The number of hydrogen-bond donors (Lipinski definition) is 7. The van der Waals surface area contributed by atoms with Crippen LogP contribution < -0.4 is 10.9 Å². The van der Waals surface area contributed by atoms with Gasteiger partial charge in [-0.15, -0.1) is 0 Å². The van der Waals surface area contributed by atoms with Gasteiger partial charge in [-0.25, -0.2) is 8.42 Å². The van der Waals surface area contributed by atoms with Crippen LogP contribution in [0.25, 0.3) is 22.0 Å². The first-order valence-electron chi connectivity index (χ1n) is 18.5. The molecule has 0 bridgehead atoms. The van der Waals surface area contributed by atoms with Gasteiger partial charge < -0.3 is 15.4 Å². The van der Waals surface area contributed by atoms with Crippen molar-refractivity contribution in [1.82, 2.24) is 4.98 Å². The van der Waals surface area contributed by atoms with Gasteiger partial charge >= 0.3 is 5.97 Å². The molecular formula is C40H28N2O20S5. The molecule has 67 heavy (non-hydrogen) atoms. The molecule has 0 amide bonds. The zero-order valence-corrected chi connectivity index (χ0v) is 37.2. The van der Waals surface area contributed by atoms with Crippen molar-refractivity contribution in [3.63, 3.8) is 0 Å². The average molecular weight is 1020 g/mol. The zero-order valence-electron chi connectivity index (χ0n) is 33.1. The van der Waals surface area contributed by atoms with Crippen LogP contribution in [-0.2, 0) is 55.1 Å². The SMILES string of the molecule is O=C(c1cccc(S(=O)(=O)O)c1)c1c2c3c(c(Nc4cc(S(=O)(=O)CCC(C(=O)O)C(=O)c5cccc(S(=O)(=O)O)c5)ccc4S(=O)(=O)O)cc(S(=O)(=O)O)c3[nH]c1=O)C(=O)c1ccccc1-2. The number of Topliss-reactive ketones (excluding diaryl/α,β-unsaturated/α-hetero) is 1. The number of hydrogen-bond acceptors (Lipinski definition) is 16. The number of pyridine rings is 1. The fraction of sp³-hybridized carbons (Fsp3) is 0.0750. The van der Waals surface area contributed by atoms with Gasteiger partial charge in [-0.05, 0) is 60.5 Å². The maximum Gasteiger partial charge on any atom is 0.314 e. The normalized spacial score (nSPS) is 13.5. The van der Waals surface area contributed by atoms with Crippen molar-refractivity contribution >= 4 is 95.9 Å². The number of ketones is 3. The second-order valence-electron chi connectivity index (χ2n) is 14.6. The summed E-state index contributed by atoms with van der Waals surface area (Å²) in [5, 5.41) is 11.7. The number of aliphatic carboxylic acids is 1. The number of sulfone groups is 1. The number of carbonyl (C=O) groups excluding carboxylic acids is 3. The molecule has 27 heteroatoms. The molecule has 0 spiro atoms. The Kier molecular flexibility index (Phi) is 12.1. The Morgan fingerprint density at radius 2 is 1.15 bits per heavy atom. The van der Waals surface area contributed by atoms with Crippen molar-refractivity contribution in [2.45, 2.75) is 30.9 Å². The predicted molar refractivity (Wildman–Crippen MR) is 231 cm³/mol. The summed E-state index contributed by atoms with van der Waals surface area (Å²) in [6.45, 7) is 0. The summed E-state index contributed by atoms with van der Waals surface area (Å²) in [6, 6.07) is 14.9. The molecule has 1 heterocycles. The van der Waals surface area contributed by atoms with Gasteiger partial charge in [0.15, 0.2) is 27.2 Å². The van der Waals surface area contributed by atoms with E-state index in [9.17, 15) is 89.4 Å². The van der Waals surface area contributed by atoms with Crippen molar-refractivity contribution in [1.29, 1.82) is 0 Å². The first kappa shape index (κ1) is 48.1. The van der Waals surface area contributed by atoms with E-state index >= 15 is 0 Å². The van der Waals surface area contributed by atoms with E-state index in [0.717, 1.165) is 42.5 Å². The summed E-state index contributed by atoms with van der Waals surface area (Å²) in [5.74, 6) is -8.63. The van der Waals surface area contributed by atoms with Crippen LogP contribution in [0.1, 0.15) is 48.6 Å². The van der Waals surface area contributed by atoms with Crippen molar-refractivity contribution in [2.75, 3.05) is 11.1 Å². The molecule has 348 valence electrons. The number of aromatic amines is 1. The van der Waals surface area contributed by atoms with Crippen LogP contribution in [0.4, 0.5) is 11.4 Å². The van der Waals surface area contributed by atoms with Gasteiger partial charge in [0.05, 0.1) is 48.5 Å². The maximum atomic E-state index is 14.5. The van der Waals surface area contributed by atoms with Gasteiger partial charge in [-0.1, -0.05) is 48.5 Å². The summed E-state index contributed by atoms with van der Waals surface area (Å²) in [7, 11) is -25.4. The molecule has 0 aliphatic heterocycles. The summed E-state index contributed by atoms with van der Waals surface area (Å²) in [4.78, 5) is 65.6. The van der Waals surface area contributed by atoms with Crippen LogP contribution in [0, 0.1) is 5.92 Å². The second kappa shape index (κ2) is 16.8. The van der Waals surface area contributed by atoms with Crippen LogP contribution in [0.15, 0.2) is 126 Å². The minimum Gasteiger partial charge on any atom is -0.481 e. The molecule has 1 atom stereocenters. The third-order valence-electron chi connectivity index (χ3n) is 10.4. The fourth-order valence-electron chi connectivity index (χ4n) is 7.39. The van der Waals surface area contributed by atoms with E-state index in [1.54, 1.807) is 0 Å². The van der Waals surface area contributed by atoms with Crippen molar-refractivity contribution < 1.29 is 84.6 Å². The topological polar surface area (TPSA) is 385 Å². The van der Waals surface area contributed by atoms with Gasteiger partial charge in [0.25, 0.3) is 46.0 Å². The lowest BCUT2D eigenvalue weighted by Crippen LogP contribution is -2.27. The number of aromatic nitrogens is 1. The van der Waals surface area contributed by atoms with Crippen molar-refractivity contribution in [2.24, 2.45) is 5.92 Å². The number of rotatable bonds is 15. The predicted octanol–water partition coefficient (Wildman–Crippen LogP) is 3.45. The first-order chi connectivity index (χ1) is 31.0. The summed E-state index contributed by atoms with van der Waals surface area (Å²) >= 11 is 0. The molecule has 0 fully saturated rings. The van der Waals surface area contributed by atoms with Gasteiger partial charge in [0.1, 0.15) is 15.7 Å². The molecule has 0 saturated carbocycles. The highest BCUT2D eigenvalue weighted by molar-refractivity contribution is 7.91. The third-order valence-corrected chi connectivity index (χ3v) is 15.6. The molecule has 1 aliphatic carbocycles. The Morgan fingerprint density at radius 3 is 1.72 bits per heavy atom. The van der Waals surface area contributed by atoms with Crippen LogP contribution in [-0.4, -0.2) is 99.5 Å². The molecule has 6 aromatic rings. The average Bonchev–Trinajstić information content (AvgIpc) is 3.23. The Balaban J connectivity index is 1.41. The number of nitrogens with one attached hydrogen (secondary N) is 2. The van der Waals surface area contributed by atoms with E-state index in [-0.39, 0.29) is 11.1 Å². The highest BCUT2D eigenvalue weighted by atomic mass is 32.2. The summed E-state index contributed by atoms with van der Waals surface area (Å²) in [6.07, 6.45) is -0.974. The van der Waals surface area contributed by atoms with Crippen LogP contribution in [0.2, 0.25) is 0 Å². The summed E-state index contributed by atoms with van der Waals surface area (Å²) < 4.78 is 166. The van der Waals surface area contributed by atoms with E-state index in [0.29, 0.717) is 30.3 Å². The molecular weight excluding hydrogens is 989 g/mol. The van der Waals surface area contributed by atoms with Gasteiger partial charge in [-0.3, -0.25) is 42.2 Å². The van der Waals surface area contributed by atoms with E-state index in [1.807, 2.05) is 0 Å². The zero-order chi connectivity index (χ0) is 49.3. The van der Waals surface area contributed by atoms with E-state index in [4.69, 9.17) is 0 Å². The lowest BCUT2D eigenvalue weighted by molar-refractivity contribution is -0.140. The summed E-state index contributed by atoms with van der Waals surface area (Å²) in [5.41, 5.74) is -7.12.